The molecule has 1 aromatic carbocycles. The molecular weight excluding hydrogens is 434 g/mol. The third-order valence-corrected chi connectivity index (χ3v) is 7.33. The molecule has 0 bridgehead atoms. The second-order valence-corrected chi connectivity index (χ2v) is 9.63. The number of piperidine rings is 1. The second-order valence-electron chi connectivity index (χ2n) is 8.26. The fourth-order valence-corrected chi connectivity index (χ4v) is 5.46. The largest absolute Gasteiger partial charge is 0.352 e. The van der Waals surface area contributed by atoms with Gasteiger partial charge in [0, 0.05) is 30.2 Å². The quantitative estimate of drug-likeness (QED) is 0.650. The number of carbonyl (C=O) groups is 1. The van der Waals surface area contributed by atoms with Crippen molar-refractivity contribution in [3.8, 4) is 0 Å². The van der Waals surface area contributed by atoms with Crippen LogP contribution < -0.4 is 15.8 Å². The van der Waals surface area contributed by atoms with Gasteiger partial charge in [0.2, 0.25) is 16.0 Å². The Balaban J connectivity index is 1.30. The predicted octanol–water partition coefficient (Wildman–Crippen LogP) is 3.22. The van der Waals surface area contributed by atoms with Crippen molar-refractivity contribution in [2.75, 3.05) is 18.0 Å². The molecule has 1 fully saturated rings. The Bertz CT molecular complexity index is 1170. The topological polar surface area (TPSA) is 79.6 Å². The normalized spacial score (nSPS) is 18.7. The molecule has 1 saturated heterocycles. The summed E-state index contributed by atoms with van der Waals surface area (Å²) in [6, 6.07) is 7.49. The number of halogens is 1. The number of benzene rings is 1. The summed E-state index contributed by atoms with van der Waals surface area (Å²) < 4.78 is 1.45. The molecule has 9 heteroatoms. The number of hydrogen-bond donors (Lipinski definition) is 1. The SMILES string of the molecule is O=C(NCc1ccc(Cl)cc1)[C@H]1CCCN(c2nn3c(=O)c4c(nc3s2)CCCC4)C1. The van der Waals surface area contributed by atoms with Crippen molar-refractivity contribution in [3.63, 3.8) is 0 Å². The Morgan fingerprint density at radius 3 is 2.84 bits per heavy atom. The van der Waals surface area contributed by atoms with E-state index in [1.54, 1.807) is 0 Å². The number of anilines is 1. The van der Waals surface area contributed by atoms with Gasteiger partial charge in [-0.3, -0.25) is 9.59 Å². The molecule has 5 rings (SSSR count). The highest BCUT2D eigenvalue weighted by Crippen LogP contribution is 2.28. The van der Waals surface area contributed by atoms with Crippen LogP contribution in [-0.4, -0.2) is 33.6 Å². The second kappa shape index (κ2) is 8.59. The number of carbonyl (C=O) groups excluding carboxylic acids is 1. The molecule has 162 valence electrons. The molecule has 1 atom stereocenters. The lowest BCUT2D eigenvalue weighted by Gasteiger charge is -2.31. The maximum atomic E-state index is 12.9. The Kier molecular flexibility index (Phi) is 5.67. The number of aromatic nitrogens is 3. The first-order chi connectivity index (χ1) is 15.1. The van der Waals surface area contributed by atoms with Crippen LogP contribution in [0.4, 0.5) is 5.13 Å². The predicted molar refractivity (Wildman–Crippen MR) is 122 cm³/mol. The molecule has 0 spiro atoms. The smallest absolute Gasteiger partial charge is 0.278 e. The first-order valence-corrected chi connectivity index (χ1v) is 12.0. The van der Waals surface area contributed by atoms with Crippen molar-refractivity contribution in [2.45, 2.75) is 45.1 Å². The van der Waals surface area contributed by atoms with E-state index in [4.69, 9.17) is 16.6 Å². The van der Waals surface area contributed by atoms with Crippen molar-refractivity contribution in [1.82, 2.24) is 19.9 Å². The molecule has 3 heterocycles. The molecule has 1 amide bonds. The zero-order valence-corrected chi connectivity index (χ0v) is 18.7. The van der Waals surface area contributed by atoms with E-state index >= 15 is 0 Å². The molecule has 3 aromatic rings. The van der Waals surface area contributed by atoms with E-state index in [9.17, 15) is 9.59 Å². The van der Waals surface area contributed by atoms with Crippen molar-refractivity contribution in [2.24, 2.45) is 5.92 Å². The summed E-state index contributed by atoms with van der Waals surface area (Å²) in [6.07, 6.45) is 5.53. The minimum absolute atomic E-state index is 0.0310. The van der Waals surface area contributed by atoms with Crippen LogP contribution in [0.1, 0.15) is 42.5 Å². The van der Waals surface area contributed by atoms with Gasteiger partial charge in [-0.15, -0.1) is 5.10 Å². The van der Waals surface area contributed by atoms with Crippen molar-refractivity contribution in [1.29, 1.82) is 0 Å². The van der Waals surface area contributed by atoms with Gasteiger partial charge in [-0.05, 0) is 56.2 Å². The maximum absolute atomic E-state index is 12.9. The number of aryl methyl sites for hydroxylation is 1. The average molecular weight is 458 g/mol. The molecule has 1 aliphatic heterocycles. The van der Waals surface area contributed by atoms with Crippen molar-refractivity contribution < 1.29 is 4.79 Å². The van der Waals surface area contributed by atoms with Crippen LogP contribution in [0, 0.1) is 5.92 Å². The van der Waals surface area contributed by atoms with Gasteiger partial charge in [-0.1, -0.05) is 35.1 Å². The van der Waals surface area contributed by atoms with Crippen LogP contribution >= 0.6 is 22.9 Å². The minimum Gasteiger partial charge on any atom is -0.352 e. The van der Waals surface area contributed by atoms with Crippen LogP contribution in [0.25, 0.3) is 4.96 Å². The molecule has 1 aliphatic carbocycles. The summed E-state index contributed by atoms with van der Waals surface area (Å²) in [7, 11) is 0. The monoisotopic (exact) mass is 457 g/mol. The highest BCUT2D eigenvalue weighted by molar-refractivity contribution is 7.20. The number of nitrogens with one attached hydrogen (secondary N) is 1. The number of hydrogen-bond acceptors (Lipinski definition) is 6. The van der Waals surface area contributed by atoms with Crippen LogP contribution in [0.15, 0.2) is 29.1 Å². The van der Waals surface area contributed by atoms with E-state index in [-0.39, 0.29) is 17.4 Å². The lowest BCUT2D eigenvalue weighted by Crippen LogP contribution is -2.43. The summed E-state index contributed by atoms with van der Waals surface area (Å²) in [5.41, 5.74) is 2.74. The number of rotatable bonds is 4. The number of fused-ring (bicyclic) bond motifs is 2. The fraction of sp³-hybridized carbons (Fsp3) is 0.455. The standard InChI is InChI=1S/C22H24ClN5O2S/c23-16-9-7-14(8-10-16)12-24-19(29)15-4-3-11-27(13-15)22-26-28-20(30)17-5-1-2-6-18(17)25-21(28)31-22/h7-10,15H,1-6,11-13H2,(H,24,29)/t15-/m0/s1. The molecule has 31 heavy (non-hydrogen) atoms. The zero-order valence-electron chi connectivity index (χ0n) is 17.1. The first kappa shape index (κ1) is 20.5. The molecule has 2 aromatic heterocycles. The van der Waals surface area contributed by atoms with E-state index in [2.05, 4.69) is 15.3 Å². The maximum Gasteiger partial charge on any atom is 0.278 e. The van der Waals surface area contributed by atoms with Crippen LogP contribution in [0.3, 0.4) is 0 Å². The van der Waals surface area contributed by atoms with Gasteiger partial charge in [-0.25, -0.2) is 4.98 Å². The lowest BCUT2D eigenvalue weighted by molar-refractivity contribution is -0.125. The minimum atomic E-state index is -0.106. The van der Waals surface area contributed by atoms with Crippen LogP contribution in [-0.2, 0) is 24.2 Å². The summed E-state index contributed by atoms with van der Waals surface area (Å²) in [4.78, 5) is 33.1. The van der Waals surface area contributed by atoms with E-state index < -0.39 is 0 Å². The van der Waals surface area contributed by atoms with Crippen LogP contribution in [0.2, 0.25) is 5.02 Å². The Labute approximate surface area is 189 Å². The summed E-state index contributed by atoms with van der Waals surface area (Å²) in [5, 5.41) is 9.07. The van der Waals surface area contributed by atoms with Gasteiger partial charge in [0.15, 0.2) is 0 Å². The van der Waals surface area contributed by atoms with Gasteiger partial charge in [0.25, 0.3) is 5.56 Å². The van der Waals surface area contributed by atoms with Gasteiger partial charge in [0.1, 0.15) is 0 Å². The van der Waals surface area contributed by atoms with Crippen molar-refractivity contribution in [3.05, 3.63) is 56.5 Å². The van der Waals surface area contributed by atoms with Crippen LogP contribution in [0.5, 0.6) is 0 Å². The fourth-order valence-electron chi connectivity index (χ4n) is 4.39. The Morgan fingerprint density at radius 1 is 1.19 bits per heavy atom. The van der Waals surface area contributed by atoms with Gasteiger partial charge in [-0.2, -0.15) is 4.52 Å². The lowest BCUT2D eigenvalue weighted by atomic mass is 9.97. The molecule has 7 nitrogen and oxygen atoms in total. The van der Waals surface area contributed by atoms with Gasteiger partial charge >= 0.3 is 0 Å². The van der Waals surface area contributed by atoms with E-state index in [0.717, 1.165) is 67.0 Å². The first-order valence-electron chi connectivity index (χ1n) is 10.8. The molecule has 1 N–H and O–H groups in total. The zero-order chi connectivity index (χ0) is 21.4. The highest BCUT2D eigenvalue weighted by Gasteiger charge is 2.28. The van der Waals surface area contributed by atoms with E-state index in [1.807, 2.05) is 24.3 Å². The Morgan fingerprint density at radius 2 is 2.00 bits per heavy atom. The Hall–Kier alpha value is -2.45. The molecule has 2 aliphatic rings. The van der Waals surface area contributed by atoms with Gasteiger partial charge in [0.05, 0.1) is 11.6 Å². The summed E-state index contributed by atoms with van der Waals surface area (Å²) >= 11 is 7.36. The third kappa shape index (κ3) is 4.19. The average Bonchev–Trinajstić information content (AvgIpc) is 3.23. The number of nitrogens with zero attached hydrogens (tertiary/aromatic N) is 4. The van der Waals surface area contributed by atoms with Gasteiger partial charge < -0.3 is 10.2 Å². The van der Waals surface area contributed by atoms with E-state index in [0.29, 0.717) is 23.1 Å². The molecule has 0 radical (unpaired) electrons. The summed E-state index contributed by atoms with van der Waals surface area (Å²) in [6.45, 7) is 1.91. The van der Waals surface area contributed by atoms with Crippen molar-refractivity contribution >= 4 is 38.9 Å². The summed E-state index contributed by atoms with van der Waals surface area (Å²) in [5.74, 6) is -0.0579. The number of amides is 1. The third-order valence-electron chi connectivity index (χ3n) is 6.11. The molecule has 0 unspecified atom stereocenters. The molecule has 0 saturated carbocycles. The molecular formula is C22H24ClN5O2S. The highest BCUT2D eigenvalue weighted by atomic mass is 35.5. The van der Waals surface area contributed by atoms with E-state index in [1.165, 1.54) is 15.9 Å².